The molecule has 0 bridgehead atoms. The lowest BCUT2D eigenvalue weighted by Crippen LogP contribution is -2.47. The third-order valence-corrected chi connectivity index (χ3v) is 6.16. The van der Waals surface area contributed by atoms with Crippen LogP contribution in [-0.2, 0) is 4.79 Å². The summed E-state index contributed by atoms with van der Waals surface area (Å²) in [5.41, 5.74) is 3.48. The summed E-state index contributed by atoms with van der Waals surface area (Å²) >= 11 is 0. The van der Waals surface area contributed by atoms with Crippen molar-refractivity contribution in [2.75, 3.05) is 9.80 Å². The summed E-state index contributed by atoms with van der Waals surface area (Å²) in [5, 5.41) is 0. The van der Waals surface area contributed by atoms with Crippen LogP contribution >= 0.6 is 0 Å². The molecule has 2 amide bonds. The molecule has 32 heavy (non-hydrogen) atoms. The highest BCUT2D eigenvalue weighted by Crippen LogP contribution is 2.43. The van der Waals surface area contributed by atoms with Gasteiger partial charge < -0.3 is 9.80 Å². The molecule has 1 aliphatic heterocycles. The third-order valence-electron chi connectivity index (χ3n) is 6.16. The number of amides is 2. The van der Waals surface area contributed by atoms with Crippen molar-refractivity contribution in [1.29, 1.82) is 0 Å². The molecule has 3 aromatic carbocycles. The van der Waals surface area contributed by atoms with Crippen LogP contribution in [0, 0.1) is 0 Å². The summed E-state index contributed by atoms with van der Waals surface area (Å²) in [7, 11) is 0. The summed E-state index contributed by atoms with van der Waals surface area (Å²) in [4.78, 5) is 30.7. The summed E-state index contributed by atoms with van der Waals surface area (Å²) < 4.78 is 0. The number of rotatable bonds is 6. The van der Waals surface area contributed by atoms with Crippen molar-refractivity contribution in [1.82, 2.24) is 0 Å². The number of benzene rings is 3. The molecule has 0 aromatic heterocycles. The predicted octanol–water partition coefficient (Wildman–Crippen LogP) is 6.39. The molecular weight excluding hydrogens is 396 g/mol. The molecular formula is C28H30N2O2. The number of fused-ring (bicyclic) bond motifs is 1. The maximum absolute atomic E-state index is 13.4. The maximum atomic E-state index is 13.4. The van der Waals surface area contributed by atoms with E-state index >= 15 is 0 Å². The molecule has 1 heterocycles. The Morgan fingerprint density at radius 1 is 0.906 bits per heavy atom. The van der Waals surface area contributed by atoms with Gasteiger partial charge in [0.15, 0.2) is 0 Å². The number of para-hydroxylation sites is 2. The number of carbonyl (C=O) groups excluding carboxylic acids is 2. The lowest BCUT2D eigenvalue weighted by atomic mass is 9.89. The minimum absolute atomic E-state index is 0.00688. The van der Waals surface area contributed by atoms with Crippen LogP contribution in [0.2, 0.25) is 0 Å². The van der Waals surface area contributed by atoms with E-state index in [0.29, 0.717) is 18.4 Å². The highest BCUT2D eigenvalue weighted by atomic mass is 16.2. The molecule has 0 N–H and O–H groups in total. The summed E-state index contributed by atoms with van der Waals surface area (Å²) in [6.45, 7) is 4.18. The molecule has 3 aromatic rings. The number of hydrogen-bond donors (Lipinski definition) is 0. The Hall–Kier alpha value is -3.40. The minimum atomic E-state index is -0.118. The quantitative estimate of drug-likeness (QED) is 0.458. The Bertz CT molecular complexity index is 1070. The Balaban J connectivity index is 1.77. The molecule has 2 unspecified atom stereocenters. The van der Waals surface area contributed by atoms with E-state index in [9.17, 15) is 9.59 Å². The fraction of sp³-hybridized carbons (Fsp3) is 0.286. The van der Waals surface area contributed by atoms with Gasteiger partial charge in [-0.25, -0.2) is 0 Å². The molecule has 4 rings (SSSR count). The number of nitrogens with zero attached hydrogens (tertiary/aromatic N) is 2. The van der Waals surface area contributed by atoms with Crippen LogP contribution in [0.25, 0.3) is 0 Å². The molecule has 0 spiro atoms. The van der Waals surface area contributed by atoms with Crippen LogP contribution < -0.4 is 9.80 Å². The van der Waals surface area contributed by atoms with Crippen LogP contribution in [0.4, 0.5) is 11.4 Å². The molecule has 1 aliphatic rings. The fourth-order valence-electron chi connectivity index (χ4n) is 4.59. The maximum Gasteiger partial charge on any atom is 0.258 e. The lowest BCUT2D eigenvalue weighted by Gasteiger charge is -2.43. The van der Waals surface area contributed by atoms with Gasteiger partial charge in [0.25, 0.3) is 5.91 Å². The summed E-state index contributed by atoms with van der Waals surface area (Å²) in [6, 6.07) is 27.2. The topological polar surface area (TPSA) is 40.6 Å². The SMILES string of the molecule is CCCCC(=O)N(c1ccccc1)C1CC(C)N(C(=O)c2ccccc2)c2ccccc21. The Morgan fingerprint density at radius 3 is 2.22 bits per heavy atom. The molecule has 164 valence electrons. The standard InChI is InChI=1S/C28H30N2O2/c1-3-4-19-27(31)30(23-15-9-6-10-16-23)26-20-21(2)29(25-18-12-11-17-24(25)26)28(32)22-13-7-5-8-14-22/h5-18,21,26H,3-4,19-20H2,1-2H3. The fourth-order valence-corrected chi connectivity index (χ4v) is 4.59. The average Bonchev–Trinajstić information content (AvgIpc) is 2.84. The molecule has 4 nitrogen and oxygen atoms in total. The van der Waals surface area contributed by atoms with Crippen molar-refractivity contribution in [3.8, 4) is 0 Å². The monoisotopic (exact) mass is 426 g/mol. The van der Waals surface area contributed by atoms with Gasteiger partial charge in [0, 0.05) is 29.4 Å². The van der Waals surface area contributed by atoms with Gasteiger partial charge in [0.1, 0.15) is 0 Å². The zero-order chi connectivity index (χ0) is 22.5. The first-order chi connectivity index (χ1) is 15.6. The van der Waals surface area contributed by atoms with Crippen LogP contribution in [0.5, 0.6) is 0 Å². The van der Waals surface area contributed by atoms with Gasteiger partial charge in [0.05, 0.1) is 6.04 Å². The van der Waals surface area contributed by atoms with Crippen molar-refractivity contribution in [2.24, 2.45) is 0 Å². The first kappa shape index (κ1) is 21.8. The van der Waals surface area contributed by atoms with Crippen LogP contribution in [0.3, 0.4) is 0 Å². The van der Waals surface area contributed by atoms with Gasteiger partial charge in [-0.15, -0.1) is 0 Å². The zero-order valence-corrected chi connectivity index (χ0v) is 18.8. The molecule has 4 heteroatoms. The molecule has 2 atom stereocenters. The van der Waals surface area contributed by atoms with E-state index in [1.54, 1.807) is 0 Å². The van der Waals surface area contributed by atoms with Crippen molar-refractivity contribution in [3.63, 3.8) is 0 Å². The molecule has 0 fully saturated rings. The highest BCUT2D eigenvalue weighted by molar-refractivity contribution is 6.07. The molecule has 0 saturated heterocycles. The van der Waals surface area contributed by atoms with Gasteiger partial charge in [-0.1, -0.05) is 67.9 Å². The smallest absolute Gasteiger partial charge is 0.258 e. The lowest BCUT2D eigenvalue weighted by molar-refractivity contribution is -0.119. The molecule has 0 radical (unpaired) electrons. The van der Waals surface area contributed by atoms with Gasteiger partial charge in [0.2, 0.25) is 5.91 Å². The highest BCUT2D eigenvalue weighted by Gasteiger charge is 2.38. The van der Waals surface area contributed by atoms with Crippen molar-refractivity contribution < 1.29 is 9.59 Å². The largest absolute Gasteiger partial charge is 0.305 e. The van der Waals surface area contributed by atoms with E-state index in [-0.39, 0.29) is 23.9 Å². The molecule has 0 aliphatic carbocycles. The second kappa shape index (κ2) is 9.82. The predicted molar refractivity (Wildman–Crippen MR) is 130 cm³/mol. The normalized spacial score (nSPS) is 17.5. The Morgan fingerprint density at radius 2 is 1.53 bits per heavy atom. The number of carbonyl (C=O) groups is 2. The summed E-state index contributed by atoms with van der Waals surface area (Å²) in [5.74, 6) is 0.125. The van der Waals surface area contributed by atoms with Gasteiger partial charge in [-0.2, -0.15) is 0 Å². The van der Waals surface area contributed by atoms with Gasteiger partial charge >= 0.3 is 0 Å². The Labute approximate surface area is 190 Å². The molecule has 0 saturated carbocycles. The van der Waals surface area contributed by atoms with Crippen molar-refractivity contribution >= 4 is 23.2 Å². The second-order valence-electron chi connectivity index (χ2n) is 8.40. The first-order valence-electron chi connectivity index (χ1n) is 11.5. The third kappa shape index (κ3) is 4.31. The van der Waals surface area contributed by atoms with Crippen LogP contribution in [0.15, 0.2) is 84.9 Å². The van der Waals surface area contributed by atoms with Gasteiger partial charge in [-0.05, 0) is 55.7 Å². The number of unbranched alkanes of at least 4 members (excludes halogenated alkanes) is 1. The average molecular weight is 427 g/mol. The first-order valence-corrected chi connectivity index (χ1v) is 11.5. The van der Waals surface area contributed by atoms with Crippen LogP contribution in [-0.4, -0.2) is 17.9 Å². The Kier molecular flexibility index (Phi) is 6.69. The minimum Gasteiger partial charge on any atom is -0.305 e. The van der Waals surface area contributed by atoms with E-state index in [1.165, 1.54) is 0 Å². The van der Waals surface area contributed by atoms with Crippen molar-refractivity contribution in [2.45, 2.75) is 51.6 Å². The summed E-state index contributed by atoms with van der Waals surface area (Å²) in [6.07, 6.45) is 3.05. The van der Waals surface area contributed by atoms with E-state index in [4.69, 9.17) is 0 Å². The van der Waals surface area contributed by atoms with E-state index in [2.05, 4.69) is 19.9 Å². The number of anilines is 2. The van der Waals surface area contributed by atoms with Crippen molar-refractivity contribution in [3.05, 3.63) is 96.1 Å². The zero-order valence-electron chi connectivity index (χ0n) is 18.8. The van der Waals surface area contributed by atoms with E-state index in [1.807, 2.05) is 88.7 Å². The van der Waals surface area contributed by atoms with Crippen LogP contribution in [0.1, 0.15) is 61.5 Å². The van der Waals surface area contributed by atoms with E-state index < -0.39 is 0 Å². The van der Waals surface area contributed by atoms with Gasteiger partial charge in [-0.3, -0.25) is 9.59 Å². The number of hydrogen-bond acceptors (Lipinski definition) is 2. The van der Waals surface area contributed by atoms with E-state index in [0.717, 1.165) is 29.8 Å². The second-order valence-corrected chi connectivity index (χ2v) is 8.40.